The lowest BCUT2D eigenvalue weighted by atomic mass is 10.1. The average molecular weight is 357 g/mol. The van der Waals surface area contributed by atoms with Gasteiger partial charge in [-0.3, -0.25) is 4.90 Å². The molecule has 0 unspecified atom stereocenters. The van der Waals surface area contributed by atoms with Crippen LogP contribution in [0.25, 0.3) is 0 Å². The van der Waals surface area contributed by atoms with Crippen LogP contribution in [0.15, 0.2) is 42.5 Å². The van der Waals surface area contributed by atoms with E-state index in [1.807, 2.05) is 30.3 Å². The molecule has 0 aliphatic carbocycles. The van der Waals surface area contributed by atoms with Gasteiger partial charge in [-0.1, -0.05) is 37.3 Å². The Hall–Kier alpha value is -2.24. The standard InChI is InChI=1S/C21H27NO4/c1-3-18(15-23)22(13-16-7-5-4-6-8-16)14-17-11-19(24-2)21-20(12-17)25-9-10-26-21/h4-8,11-12,18,23H,3,9-10,13-15H2,1-2H3/t18-/m0/s1. The molecule has 2 aromatic rings. The first-order chi connectivity index (χ1) is 12.7. The molecule has 0 bridgehead atoms. The summed E-state index contributed by atoms with van der Waals surface area (Å²) in [6, 6.07) is 14.4. The molecule has 0 radical (unpaired) electrons. The minimum Gasteiger partial charge on any atom is -0.493 e. The maximum absolute atomic E-state index is 9.83. The summed E-state index contributed by atoms with van der Waals surface area (Å²) in [7, 11) is 1.64. The fraction of sp³-hybridized carbons (Fsp3) is 0.429. The molecule has 5 nitrogen and oxygen atoms in total. The van der Waals surface area contributed by atoms with Crippen LogP contribution in [0.2, 0.25) is 0 Å². The van der Waals surface area contributed by atoms with E-state index in [0.717, 1.165) is 24.3 Å². The van der Waals surface area contributed by atoms with Crippen LogP contribution in [0.1, 0.15) is 24.5 Å². The number of rotatable bonds is 8. The molecular formula is C21H27NO4. The van der Waals surface area contributed by atoms with Gasteiger partial charge < -0.3 is 19.3 Å². The predicted octanol–water partition coefficient (Wildman–Crippen LogP) is 3.24. The molecule has 5 heteroatoms. The molecule has 0 saturated carbocycles. The van der Waals surface area contributed by atoms with Crippen molar-refractivity contribution in [2.75, 3.05) is 26.9 Å². The van der Waals surface area contributed by atoms with Gasteiger partial charge in [0.05, 0.1) is 13.7 Å². The summed E-state index contributed by atoms with van der Waals surface area (Å²) in [5, 5.41) is 9.83. The molecule has 1 N–H and O–H groups in total. The number of benzene rings is 2. The van der Waals surface area contributed by atoms with E-state index < -0.39 is 0 Å². The quantitative estimate of drug-likeness (QED) is 0.786. The van der Waals surface area contributed by atoms with Crippen LogP contribution < -0.4 is 14.2 Å². The predicted molar refractivity (Wildman–Crippen MR) is 101 cm³/mol. The molecule has 0 aromatic heterocycles. The van der Waals surface area contributed by atoms with E-state index >= 15 is 0 Å². The Morgan fingerprint density at radius 2 is 1.81 bits per heavy atom. The van der Waals surface area contributed by atoms with Gasteiger partial charge in [-0.25, -0.2) is 0 Å². The number of aliphatic hydroxyl groups excluding tert-OH is 1. The zero-order chi connectivity index (χ0) is 18.4. The van der Waals surface area contributed by atoms with Gasteiger partial charge in [-0.05, 0) is 29.7 Å². The largest absolute Gasteiger partial charge is 0.493 e. The highest BCUT2D eigenvalue weighted by molar-refractivity contribution is 5.54. The van der Waals surface area contributed by atoms with E-state index in [2.05, 4.69) is 24.0 Å². The van der Waals surface area contributed by atoms with E-state index in [1.54, 1.807) is 7.11 Å². The van der Waals surface area contributed by atoms with Crippen LogP contribution >= 0.6 is 0 Å². The van der Waals surface area contributed by atoms with Crippen LogP contribution in [-0.2, 0) is 13.1 Å². The Bertz CT molecular complexity index is 683. The van der Waals surface area contributed by atoms with Crippen LogP contribution in [-0.4, -0.2) is 43.0 Å². The summed E-state index contributed by atoms with van der Waals surface area (Å²) in [4.78, 5) is 2.29. The monoisotopic (exact) mass is 357 g/mol. The first kappa shape index (κ1) is 18.5. The van der Waals surface area contributed by atoms with Crippen molar-refractivity contribution in [2.45, 2.75) is 32.5 Å². The summed E-state index contributed by atoms with van der Waals surface area (Å²) < 4.78 is 16.9. The number of ether oxygens (including phenoxy) is 3. The van der Waals surface area contributed by atoms with Crippen molar-refractivity contribution in [3.8, 4) is 17.2 Å². The van der Waals surface area contributed by atoms with Crippen molar-refractivity contribution >= 4 is 0 Å². The highest BCUT2D eigenvalue weighted by Gasteiger charge is 2.22. The van der Waals surface area contributed by atoms with E-state index in [4.69, 9.17) is 14.2 Å². The van der Waals surface area contributed by atoms with Crippen molar-refractivity contribution in [3.63, 3.8) is 0 Å². The van der Waals surface area contributed by atoms with E-state index in [1.165, 1.54) is 5.56 Å². The first-order valence-corrected chi connectivity index (χ1v) is 9.10. The molecule has 0 amide bonds. The Morgan fingerprint density at radius 3 is 2.50 bits per heavy atom. The molecular weight excluding hydrogens is 330 g/mol. The Kier molecular flexibility index (Phi) is 6.36. The number of hydrogen-bond donors (Lipinski definition) is 1. The molecule has 0 fully saturated rings. The van der Waals surface area contributed by atoms with Crippen molar-refractivity contribution in [2.24, 2.45) is 0 Å². The lowest BCUT2D eigenvalue weighted by Gasteiger charge is -2.30. The van der Waals surface area contributed by atoms with Gasteiger partial charge >= 0.3 is 0 Å². The molecule has 0 spiro atoms. The van der Waals surface area contributed by atoms with Gasteiger partial charge in [0.2, 0.25) is 5.75 Å². The van der Waals surface area contributed by atoms with Gasteiger partial charge in [0.15, 0.2) is 11.5 Å². The number of fused-ring (bicyclic) bond motifs is 1. The van der Waals surface area contributed by atoms with Crippen molar-refractivity contribution in [3.05, 3.63) is 53.6 Å². The van der Waals surface area contributed by atoms with Gasteiger partial charge in [-0.2, -0.15) is 0 Å². The van der Waals surface area contributed by atoms with Crippen LogP contribution in [0.4, 0.5) is 0 Å². The minimum absolute atomic E-state index is 0.0920. The lowest BCUT2D eigenvalue weighted by molar-refractivity contribution is 0.106. The van der Waals surface area contributed by atoms with Gasteiger partial charge in [0, 0.05) is 19.1 Å². The SMILES string of the molecule is CC[C@@H](CO)N(Cc1ccccc1)Cc1cc(OC)c2c(c1)OCCO2. The number of aliphatic hydroxyl groups is 1. The third-order valence-electron chi connectivity index (χ3n) is 4.70. The Morgan fingerprint density at radius 1 is 1.08 bits per heavy atom. The molecule has 1 aliphatic heterocycles. The van der Waals surface area contributed by atoms with Crippen LogP contribution in [0.3, 0.4) is 0 Å². The van der Waals surface area contributed by atoms with Crippen molar-refractivity contribution in [1.29, 1.82) is 0 Å². The summed E-state index contributed by atoms with van der Waals surface area (Å²) in [5.74, 6) is 2.09. The molecule has 26 heavy (non-hydrogen) atoms. The minimum atomic E-state index is 0.0920. The highest BCUT2D eigenvalue weighted by atomic mass is 16.6. The van der Waals surface area contributed by atoms with Gasteiger partial charge in [0.1, 0.15) is 13.2 Å². The summed E-state index contributed by atoms with van der Waals surface area (Å²) in [6.07, 6.45) is 0.880. The maximum atomic E-state index is 9.83. The second kappa shape index (κ2) is 8.92. The lowest BCUT2D eigenvalue weighted by Crippen LogP contribution is -2.36. The fourth-order valence-electron chi connectivity index (χ4n) is 3.29. The number of methoxy groups -OCH3 is 1. The summed E-state index contributed by atoms with van der Waals surface area (Å²) in [6.45, 7) is 4.78. The molecule has 2 aromatic carbocycles. The molecule has 3 rings (SSSR count). The molecule has 1 heterocycles. The second-order valence-electron chi connectivity index (χ2n) is 6.46. The van der Waals surface area contributed by atoms with E-state index in [0.29, 0.717) is 31.3 Å². The topological polar surface area (TPSA) is 51.2 Å². The third-order valence-corrected chi connectivity index (χ3v) is 4.70. The summed E-state index contributed by atoms with van der Waals surface area (Å²) >= 11 is 0. The van der Waals surface area contributed by atoms with Crippen molar-refractivity contribution in [1.82, 2.24) is 4.90 Å². The fourth-order valence-corrected chi connectivity index (χ4v) is 3.29. The molecule has 1 aliphatic rings. The van der Waals surface area contributed by atoms with Crippen LogP contribution in [0.5, 0.6) is 17.2 Å². The van der Waals surface area contributed by atoms with Gasteiger partial charge in [-0.15, -0.1) is 0 Å². The van der Waals surface area contributed by atoms with E-state index in [-0.39, 0.29) is 12.6 Å². The van der Waals surface area contributed by atoms with Crippen molar-refractivity contribution < 1.29 is 19.3 Å². The smallest absolute Gasteiger partial charge is 0.203 e. The highest BCUT2D eigenvalue weighted by Crippen LogP contribution is 2.40. The zero-order valence-electron chi connectivity index (χ0n) is 15.5. The third kappa shape index (κ3) is 4.29. The summed E-state index contributed by atoms with van der Waals surface area (Å²) in [5.41, 5.74) is 2.30. The Labute approximate surface area is 155 Å². The molecule has 1 atom stereocenters. The van der Waals surface area contributed by atoms with E-state index in [9.17, 15) is 5.11 Å². The maximum Gasteiger partial charge on any atom is 0.203 e. The van der Waals surface area contributed by atoms with Crippen LogP contribution in [0, 0.1) is 0 Å². The Balaban J connectivity index is 1.86. The van der Waals surface area contributed by atoms with Gasteiger partial charge in [0.25, 0.3) is 0 Å². The number of nitrogens with zero attached hydrogens (tertiary/aromatic N) is 1. The normalized spacial score (nSPS) is 14.3. The first-order valence-electron chi connectivity index (χ1n) is 9.10. The second-order valence-corrected chi connectivity index (χ2v) is 6.46. The molecule has 0 saturated heterocycles. The number of hydrogen-bond acceptors (Lipinski definition) is 5. The average Bonchev–Trinajstić information content (AvgIpc) is 2.69. The zero-order valence-corrected chi connectivity index (χ0v) is 15.5. The molecule has 140 valence electrons.